The van der Waals surface area contributed by atoms with Gasteiger partial charge in [0.15, 0.2) is 0 Å². The fourth-order valence-electron chi connectivity index (χ4n) is 1.88. The number of hydrogen-bond acceptors (Lipinski definition) is 1. The minimum atomic E-state index is -2.89. The van der Waals surface area contributed by atoms with Gasteiger partial charge in [-0.05, 0) is 36.2 Å². The lowest BCUT2D eigenvalue weighted by molar-refractivity contribution is -0.0498. The van der Waals surface area contributed by atoms with Crippen LogP contribution in [0.3, 0.4) is 0 Å². The minimum Gasteiger partial charge on any atom is -0.435 e. The molecule has 0 N–H and O–H groups in total. The fourth-order valence-corrected chi connectivity index (χ4v) is 2.51. The van der Waals surface area contributed by atoms with E-state index in [1.54, 1.807) is 12.1 Å². The van der Waals surface area contributed by atoms with E-state index in [9.17, 15) is 17.6 Å². The number of hydrogen-bond donors (Lipinski definition) is 0. The van der Waals surface area contributed by atoms with Crippen molar-refractivity contribution in [3.63, 3.8) is 0 Å². The molecule has 2 aromatic carbocycles. The Labute approximate surface area is 127 Å². The summed E-state index contributed by atoms with van der Waals surface area (Å²) in [5, 5.41) is 0. The van der Waals surface area contributed by atoms with Gasteiger partial charge in [0.2, 0.25) is 0 Å². The third kappa shape index (κ3) is 4.20. The first-order valence-corrected chi connectivity index (χ1v) is 7.00. The van der Waals surface area contributed by atoms with Crippen molar-refractivity contribution in [3.05, 3.63) is 65.2 Å². The molecule has 0 heterocycles. The van der Waals surface area contributed by atoms with Crippen LogP contribution in [0, 0.1) is 11.6 Å². The van der Waals surface area contributed by atoms with E-state index in [0.717, 1.165) is 0 Å². The van der Waals surface area contributed by atoms with Crippen LogP contribution in [-0.4, -0.2) is 6.61 Å². The van der Waals surface area contributed by atoms with E-state index in [0.29, 0.717) is 5.56 Å². The molecule has 6 heteroatoms. The number of rotatable bonds is 5. The summed E-state index contributed by atoms with van der Waals surface area (Å²) >= 11 is 3.34. The topological polar surface area (TPSA) is 9.23 Å². The summed E-state index contributed by atoms with van der Waals surface area (Å²) in [4.78, 5) is -0.343. The third-order valence-corrected chi connectivity index (χ3v) is 3.76. The molecule has 1 unspecified atom stereocenters. The average Bonchev–Trinajstić information content (AvgIpc) is 2.43. The van der Waals surface area contributed by atoms with E-state index in [1.807, 2.05) is 0 Å². The smallest absolute Gasteiger partial charge is 0.387 e. The normalized spacial score (nSPS) is 12.5. The largest absolute Gasteiger partial charge is 0.435 e. The van der Waals surface area contributed by atoms with Crippen LogP contribution in [0.15, 0.2) is 42.5 Å². The fraction of sp³-hybridized carbons (Fsp3) is 0.200. The number of benzene rings is 2. The first-order chi connectivity index (χ1) is 9.97. The van der Waals surface area contributed by atoms with E-state index >= 15 is 0 Å². The highest BCUT2D eigenvalue weighted by Gasteiger charge is 2.15. The van der Waals surface area contributed by atoms with Gasteiger partial charge in [0.05, 0.1) is 0 Å². The maximum atomic E-state index is 13.6. The van der Waals surface area contributed by atoms with E-state index in [-0.39, 0.29) is 22.6 Å². The van der Waals surface area contributed by atoms with Gasteiger partial charge in [-0.15, -0.1) is 0 Å². The highest BCUT2D eigenvalue weighted by atomic mass is 79.9. The molecule has 0 aliphatic heterocycles. The Morgan fingerprint density at radius 1 is 0.952 bits per heavy atom. The lowest BCUT2D eigenvalue weighted by atomic mass is 10.0. The zero-order valence-corrected chi connectivity index (χ0v) is 12.3. The van der Waals surface area contributed by atoms with Crippen LogP contribution in [0.5, 0.6) is 5.75 Å². The summed E-state index contributed by atoms with van der Waals surface area (Å²) < 4.78 is 55.5. The monoisotopic (exact) mass is 362 g/mol. The molecular formula is C15H11BrF4O. The Morgan fingerprint density at radius 2 is 1.52 bits per heavy atom. The van der Waals surface area contributed by atoms with Gasteiger partial charge in [-0.3, -0.25) is 0 Å². The van der Waals surface area contributed by atoms with Crippen LogP contribution in [0.1, 0.15) is 16.0 Å². The Balaban J connectivity index is 2.11. The molecule has 0 aliphatic rings. The zero-order chi connectivity index (χ0) is 15.4. The Bertz CT molecular complexity index is 581. The number of halogens is 5. The van der Waals surface area contributed by atoms with Crippen LogP contribution in [0.25, 0.3) is 0 Å². The SMILES string of the molecule is Fc1cccc(F)c1CC(Br)c1ccc(OC(F)F)cc1. The first-order valence-electron chi connectivity index (χ1n) is 6.09. The molecule has 0 amide bonds. The van der Waals surface area contributed by atoms with E-state index < -0.39 is 18.2 Å². The van der Waals surface area contributed by atoms with Gasteiger partial charge in [0, 0.05) is 10.4 Å². The average molecular weight is 363 g/mol. The van der Waals surface area contributed by atoms with E-state index in [1.165, 1.54) is 30.3 Å². The number of alkyl halides is 3. The Morgan fingerprint density at radius 3 is 2.05 bits per heavy atom. The van der Waals surface area contributed by atoms with Crippen LogP contribution < -0.4 is 4.74 Å². The molecule has 0 aliphatic carbocycles. The van der Waals surface area contributed by atoms with Gasteiger partial charge < -0.3 is 4.74 Å². The molecule has 0 saturated carbocycles. The van der Waals surface area contributed by atoms with Crippen molar-refractivity contribution in [2.75, 3.05) is 0 Å². The Kier molecular flexibility index (Phi) is 5.22. The second-order valence-electron chi connectivity index (χ2n) is 4.32. The molecule has 0 radical (unpaired) electrons. The van der Waals surface area contributed by atoms with Crippen molar-refractivity contribution in [1.82, 2.24) is 0 Å². The maximum absolute atomic E-state index is 13.6. The van der Waals surface area contributed by atoms with E-state index in [4.69, 9.17) is 0 Å². The van der Waals surface area contributed by atoms with Crippen LogP contribution in [0.2, 0.25) is 0 Å². The maximum Gasteiger partial charge on any atom is 0.387 e. The summed E-state index contributed by atoms with van der Waals surface area (Å²) in [5.74, 6) is -1.19. The predicted octanol–water partition coefficient (Wildman–Crippen LogP) is 5.24. The van der Waals surface area contributed by atoms with Gasteiger partial charge in [0.25, 0.3) is 0 Å². The van der Waals surface area contributed by atoms with Crippen LogP contribution in [0.4, 0.5) is 17.6 Å². The van der Waals surface area contributed by atoms with Crippen molar-refractivity contribution < 1.29 is 22.3 Å². The lowest BCUT2D eigenvalue weighted by Gasteiger charge is -2.12. The molecule has 0 saturated heterocycles. The summed E-state index contributed by atoms with van der Waals surface area (Å²) in [6.45, 7) is -2.89. The van der Waals surface area contributed by atoms with Crippen molar-refractivity contribution in [2.24, 2.45) is 0 Å². The molecule has 1 nitrogen and oxygen atoms in total. The quantitative estimate of drug-likeness (QED) is 0.521. The standard InChI is InChI=1S/C15H11BrF4O/c16-12(8-11-13(17)2-1-3-14(11)18)9-4-6-10(7-5-9)21-15(19)20/h1-7,12,15H,8H2. The van der Waals surface area contributed by atoms with Gasteiger partial charge >= 0.3 is 6.61 Å². The minimum absolute atomic E-state index is 0.0210. The number of ether oxygens (including phenoxy) is 1. The van der Waals surface area contributed by atoms with Gasteiger partial charge in [-0.2, -0.15) is 8.78 Å². The van der Waals surface area contributed by atoms with Crippen molar-refractivity contribution >= 4 is 15.9 Å². The second kappa shape index (κ2) is 6.93. The van der Waals surface area contributed by atoms with Gasteiger partial charge in [-0.1, -0.05) is 34.1 Å². The van der Waals surface area contributed by atoms with Crippen LogP contribution >= 0.6 is 15.9 Å². The predicted molar refractivity (Wildman–Crippen MR) is 74.8 cm³/mol. The third-order valence-electron chi connectivity index (χ3n) is 2.91. The first kappa shape index (κ1) is 15.8. The van der Waals surface area contributed by atoms with Gasteiger partial charge in [-0.25, -0.2) is 8.78 Å². The molecule has 21 heavy (non-hydrogen) atoms. The summed E-state index contributed by atoms with van der Waals surface area (Å²) in [5.41, 5.74) is 0.687. The highest BCUT2D eigenvalue weighted by molar-refractivity contribution is 9.09. The molecule has 2 rings (SSSR count). The molecule has 112 valence electrons. The summed E-state index contributed by atoms with van der Waals surface area (Å²) in [6, 6.07) is 9.58. The molecular weight excluding hydrogens is 352 g/mol. The summed E-state index contributed by atoms with van der Waals surface area (Å²) in [7, 11) is 0. The molecule has 2 aromatic rings. The molecule has 0 bridgehead atoms. The lowest BCUT2D eigenvalue weighted by Crippen LogP contribution is -2.03. The summed E-state index contributed by atoms with van der Waals surface area (Å²) in [6.07, 6.45) is 0.105. The van der Waals surface area contributed by atoms with Crippen LogP contribution in [-0.2, 0) is 6.42 Å². The second-order valence-corrected chi connectivity index (χ2v) is 5.42. The molecule has 0 spiro atoms. The molecule has 1 atom stereocenters. The van der Waals surface area contributed by atoms with E-state index in [2.05, 4.69) is 20.7 Å². The van der Waals surface area contributed by atoms with Gasteiger partial charge in [0.1, 0.15) is 17.4 Å². The molecule has 0 fully saturated rings. The van der Waals surface area contributed by atoms with Crippen molar-refractivity contribution in [1.29, 1.82) is 0 Å². The zero-order valence-electron chi connectivity index (χ0n) is 10.7. The molecule has 0 aromatic heterocycles. The van der Waals surface area contributed by atoms with Crippen molar-refractivity contribution in [3.8, 4) is 5.75 Å². The van der Waals surface area contributed by atoms with Crippen molar-refractivity contribution in [2.45, 2.75) is 17.9 Å². The Hall–Kier alpha value is -1.56. The highest BCUT2D eigenvalue weighted by Crippen LogP contribution is 2.30.